The summed E-state index contributed by atoms with van der Waals surface area (Å²) in [5.41, 5.74) is 5.91. The second-order valence-electron chi connectivity index (χ2n) is 12.8. The molecule has 9 nitrogen and oxygen atoms in total. The molecule has 1 fully saturated rings. The van der Waals surface area contributed by atoms with E-state index in [2.05, 4.69) is 57.6 Å². The second-order valence-corrected chi connectivity index (χ2v) is 13.6. The number of aryl methyl sites for hydroxylation is 1. The average molecular weight is 663 g/mol. The minimum atomic E-state index is -0.242. The van der Waals surface area contributed by atoms with Gasteiger partial charge in [-0.2, -0.15) is 0 Å². The Balaban J connectivity index is 1.21. The van der Waals surface area contributed by atoms with Crippen LogP contribution in [0.3, 0.4) is 0 Å². The lowest BCUT2D eigenvalue weighted by Gasteiger charge is -2.24. The van der Waals surface area contributed by atoms with Gasteiger partial charge >= 0.3 is 0 Å². The molecule has 2 atom stereocenters. The van der Waals surface area contributed by atoms with Crippen molar-refractivity contribution in [1.82, 2.24) is 30.5 Å². The molecular formula is C38H42N6O3S. The first-order valence-corrected chi connectivity index (χ1v) is 17.5. The van der Waals surface area contributed by atoms with Gasteiger partial charge in [-0.15, -0.1) is 11.3 Å². The lowest BCUT2D eigenvalue weighted by Crippen LogP contribution is -2.38. The van der Waals surface area contributed by atoms with Gasteiger partial charge < -0.3 is 20.0 Å². The van der Waals surface area contributed by atoms with Gasteiger partial charge in [0.25, 0.3) is 11.8 Å². The summed E-state index contributed by atoms with van der Waals surface area (Å²) in [6.45, 7) is 8.34. The van der Waals surface area contributed by atoms with Gasteiger partial charge in [0.15, 0.2) is 12.2 Å². The molecule has 4 heterocycles. The van der Waals surface area contributed by atoms with Crippen LogP contribution in [0, 0.1) is 6.92 Å². The van der Waals surface area contributed by atoms with Crippen LogP contribution in [0.15, 0.2) is 89.4 Å². The van der Waals surface area contributed by atoms with Crippen molar-refractivity contribution in [2.75, 3.05) is 13.1 Å². The van der Waals surface area contributed by atoms with Gasteiger partial charge in [0.05, 0.1) is 12.2 Å². The summed E-state index contributed by atoms with van der Waals surface area (Å²) < 4.78 is 5.60. The number of nitrogens with one attached hydrogen (secondary N) is 2. The smallest absolute Gasteiger partial charge is 0.254 e. The Morgan fingerprint density at radius 2 is 1.85 bits per heavy atom. The topological polar surface area (TPSA) is 113 Å². The molecule has 2 amide bonds. The maximum atomic E-state index is 14.1. The van der Waals surface area contributed by atoms with E-state index in [1.165, 1.54) is 12.0 Å². The number of hydrogen-bond donors (Lipinski definition) is 2. The third-order valence-electron chi connectivity index (χ3n) is 8.74. The molecule has 0 aliphatic carbocycles. The number of pyridine rings is 1. The Labute approximate surface area is 285 Å². The summed E-state index contributed by atoms with van der Waals surface area (Å²) >= 11 is 1.59. The quantitative estimate of drug-likeness (QED) is 0.129. The third kappa shape index (κ3) is 8.24. The normalized spacial score (nSPS) is 15.2. The first kappa shape index (κ1) is 33.2. The van der Waals surface area contributed by atoms with Gasteiger partial charge in [-0.1, -0.05) is 50.2 Å². The molecule has 5 aromatic rings. The zero-order chi connectivity index (χ0) is 33.5. The highest BCUT2D eigenvalue weighted by atomic mass is 32.1. The van der Waals surface area contributed by atoms with E-state index in [1.54, 1.807) is 35.7 Å². The molecule has 0 radical (unpaired) electrons. The van der Waals surface area contributed by atoms with Crippen LogP contribution in [0.1, 0.15) is 93.2 Å². The van der Waals surface area contributed by atoms with Crippen LogP contribution >= 0.6 is 11.3 Å². The van der Waals surface area contributed by atoms with Crippen LogP contribution in [-0.2, 0) is 13.0 Å². The Bertz CT molecular complexity index is 1820. The van der Waals surface area contributed by atoms with Crippen LogP contribution < -0.4 is 10.6 Å². The first-order chi connectivity index (χ1) is 23.3. The Kier molecular flexibility index (Phi) is 10.7. The summed E-state index contributed by atoms with van der Waals surface area (Å²) in [5.74, 6) is 0.545. The molecule has 1 aliphatic rings. The maximum absolute atomic E-state index is 14.1. The van der Waals surface area contributed by atoms with E-state index in [1.807, 2.05) is 47.8 Å². The van der Waals surface area contributed by atoms with E-state index in [0.717, 1.165) is 34.7 Å². The van der Waals surface area contributed by atoms with Crippen molar-refractivity contribution >= 4 is 23.2 Å². The third-order valence-corrected chi connectivity index (χ3v) is 9.80. The van der Waals surface area contributed by atoms with Crippen molar-refractivity contribution in [3.8, 4) is 11.3 Å². The van der Waals surface area contributed by atoms with E-state index in [9.17, 15) is 9.59 Å². The van der Waals surface area contributed by atoms with E-state index < -0.39 is 0 Å². The molecule has 6 rings (SSSR count). The number of benzene rings is 2. The maximum Gasteiger partial charge on any atom is 0.254 e. The fourth-order valence-corrected chi connectivity index (χ4v) is 7.10. The lowest BCUT2D eigenvalue weighted by atomic mass is 10.00. The van der Waals surface area contributed by atoms with Crippen LogP contribution in [0.5, 0.6) is 0 Å². The molecule has 248 valence electrons. The molecule has 0 spiro atoms. The molecule has 3 aromatic heterocycles. The molecule has 2 aromatic carbocycles. The number of aromatic nitrogens is 3. The van der Waals surface area contributed by atoms with Crippen LogP contribution in [0.25, 0.3) is 11.3 Å². The number of thiazole rings is 1. The van der Waals surface area contributed by atoms with Gasteiger partial charge in [-0.3, -0.25) is 14.6 Å². The van der Waals surface area contributed by atoms with Crippen molar-refractivity contribution in [1.29, 1.82) is 0 Å². The fourth-order valence-electron chi connectivity index (χ4n) is 6.16. The number of oxazole rings is 1. The molecule has 48 heavy (non-hydrogen) atoms. The number of amides is 2. The highest BCUT2D eigenvalue weighted by Crippen LogP contribution is 2.35. The summed E-state index contributed by atoms with van der Waals surface area (Å²) in [5, 5.41) is 9.78. The van der Waals surface area contributed by atoms with Crippen molar-refractivity contribution in [3.05, 3.63) is 123 Å². The minimum Gasteiger partial charge on any atom is -0.444 e. The van der Waals surface area contributed by atoms with Gasteiger partial charge in [-0.05, 0) is 80.0 Å². The standard InChI is InChI=1S/C38H42N6O3S/c1-25(2)32-14-28(20-40-21-32)19-39-12-11-33(15-27-8-5-4-6-9-27)43-36(45)30-16-29(35-22-41-24-47-35)17-31(18-30)38(46)44-13-7-10-34(44)37-42-26(3)23-48-37/h4-6,8-9,14,16-18,20-25,33-34,39H,7,10-13,15,19H2,1-3H3,(H,43,45)/t33-,34-/m1/s1. The summed E-state index contributed by atoms with van der Waals surface area (Å²) in [7, 11) is 0. The Morgan fingerprint density at radius 3 is 2.60 bits per heavy atom. The summed E-state index contributed by atoms with van der Waals surface area (Å²) in [6.07, 6.45) is 9.92. The SMILES string of the molecule is Cc1csc([C@H]2CCCN2C(=O)c2cc(C(=O)N[C@H](CCNCc3cncc(C(C)C)c3)Cc3ccccc3)cc(-c3cnco3)c2)n1. The predicted molar refractivity (Wildman–Crippen MR) is 188 cm³/mol. The van der Waals surface area contributed by atoms with E-state index in [-0.39, 0.29) is 23.9 Å². The molecular weight excluding hydrogens is 621 g/mol. The molecule has 0 bridgehead atoms. The Morgan fingerprint density at radius 1 is 1.02 bits per heavy atom. The number of nitrogens with zero attached hydrogens (tertiary/aromatic N) is 4. The summed E-state index contributed by atoms with van der Waals surface area (Å²) in [4.78, 5) is 43.1. The zero-order valence-corrected chi connectivity index (χ0v) is 28.5. The van der Waals surface area contributed by atoms with Crippen molar-refractivity contribution in [2.24, 2.45) is 0 Å². The molecule has 10 heteroatoms. The highest BCUT2D eigenvalue weighted by molar-refractivity contribution is 7.09. The largest absolute Gasteiger partial charge is 0.444 e. The van der Waals surface area contributed by atoms with Crippen molar-refractivity contribution in [3.63, 3.8) is 0 Å². The highest BCUT2D eigenvalue weighted by Gasteiger charge is 2.33. The van der Waals surface area contributed by atoms with Crippen LogP contribution in [0.2, 0.25) is 0 Å². The average Bonchev–Trinajstić information content (AvgIpc) is 3.89. The van der Waals surface area contributed by atoms with Gasteiger partial charge in [0.2, 0.25) is 0 Å². The van der Waals surface area contributed by atoms with E-state index in [0.29, 0.717) is 60.8 Å². The van der Waals surface area contributed by atoms with Crippen molar-refractivity contribution in [2.45, 2.75) is 71.0 Å². The molecule has 2 N–H and O–H groups in total. The van der Waals surface area contributed by atoms with E-state index >= 15 is 0 Å². The fraction of sp³-hybridized carbons (Fsp3) is 0.342. The van der Waals surface area contributed by atoms with Gasteiger partial charge in [0, 0.05) is 59.3 Å². The molecule has 1 saturated heterocycles. The predicted octanol–water partition coefficient (Wildman–Crippen LogP) is 7.12. The van der Waals surface area contributed by atoms with Gasteiger partial charge in [-0.25, -0.2) is 9.97 Å². The Hall–Kier alpha value is -4.67. The van der Waals surface area contributed by atoms with Crippen LogP contribution in [-0.4, -0.2) is 50.8 Å². The second kappa shape index (κ2) is 15.5. The summed E-state index contributed by atoms with van der Waals surface area (Å²) in [6, 6.07) is 17.4. The van der Waals surface area contributed by atoms with Crippen molar-refractivity contribution < 1.29 is 14.0 Å². The molecule has 1 aliphatic heterocycles. The number of carbonyl (C=O) groups excluding carboxylic acids is 2. The number of hydrogen-bond acceptors (Lipinski definition) is 8. The zero-order valence-electron chi connectivity index (χ0n) is 27.7. The van der Waals surface area contributed by atoms with Gasteiger partial charge in [0.1, 0.15) is 5.01 Å². The number of likely N-dealkylation sites (tertiary alicyclic amines) is 1. The molecule has 0 unspecified atom stereocenters. The first-order valence-electron chi connectivity index (χ1n) is 16.6. The molecule has 0 saturated carbocycles. The monoisotopic (exact) mass is 662 g/mol. The van der Waals surface area contributed by atoms with Crippen LogP contribution in [0.4, 0.5) is 0 Å². The number of carbonyl (C=O) groups is 2. The van der Waals surface area contributed by atoms with E-state index in [4.69, 9.17) is 4.42 Å². The number of rotatable bonds is 13. The minimum absolute atomic E-state index is 0.0752. The lowest BCUT2D eigenvalue weighted by molar-refractivity contribution is 0.0735.